The molecule has 1 aromatic heterocycles. The molecule has 3 heteroatoms. The average Bonchev–Trinajstić information content (AvgIpc) is 1.85. The molecule has 0 atom stereocenters. The van der Waals surface area contributed by atoms with Gasteiger partial charge in [0.05, 0.1) is 3.79 Å². The van der Waals surface area contributed by atoms with Crippen LogP contribution in [0.4, 0.5) is 0 Å². The van der Waals surface area contributed by atoms with Crippen molar-refractivity contribution in [2.75, 3.05) is 0 Å². The van der Waals surface area contributed by atoms with E-state index in [9.17, 15) is 0 Å². The molecule has 0 aliphatic heterocycles. The fraction of sp³-hybridized carbons (Fsp3) is 0.200. The predicted octanol–water partition coefficient (Wildman–Crippen LogP) is 1.08. The summed E-state index contributed by atoms with van der Waals surface area (Å²) in [6.07, 6.45) is 0. The largest absolute Gasteiger partial charge is 0.140 e. The summed E-state index contributed by atoms with van der Waals surface area (Å²) in [6.45, 7) is 2.13. The molecule has 0 spiro atoms. The predicted molar refractivity (Wildman–Crippen MR) is 44.9 cm³/mol. The molecular formula is C5H6BBrS. The highest BCUT2D eigenvalue weighted by molar-refractivity contribution is 9.11. The zero-order valence-electron chi connectivity index (χ0n) is 4.86. The van der Waals surface area contributed by atoms with Gasteiger partial charge in [-0.1, -0.05) is 5.46 Å². The third kappa shape index (κ3) is 1.15. The highest BCUT2D eigenvalue weighted by Gasteiger charge is 1.95. The zero-order valence-corrected chi connectivity index (χ0v) is 7.27. The van der Waals surface area contributed by atoms with E-state index in [0.717, 1.165) is 0 Å². The lowest BCUT2D eigenvalue weighted by Crippen LogP contribution is -1.98. The first-order chi connectivity index (χ1) is 3.70. The van der Waals surface area contributed by atoms with E-state index in [1.54, 1.807) is 11.3 Å². The SMILES string of the molecule is Bc1cc(Br)sc1C. The second kappa shape index (κ2) is 2.23. The maximum atomic E-state index is 3.40. The standard InChI is InChI=1S/C5H6BBrS/c1-3-4(6)2-5(7)8-3/h2H,6H2,1H3. The van der Waals surface area contributed by atoms with Crippen molar-refractivity contribution in [2.45, 2.75) is 6.92 Å². The first kappa shape index (κ1) is 6.37. The summed E-state index contributed by atoms with van der Waals surface area (Å²) in [7, 11) is 2.12. The van der Waals surface area contributed by atoms with E-state index >= 15 is 0 Å². The molecule has 0 nitrogen and oxygen atoms in total. The molecule has 0 aliphatic rings. The lowest BCUT2D eigenvalue weighted by Gasteiger charge is -1.79. The van der Waals surface area contributed by atoms with Gasteiger partial charge in [0.1, 0.15) is 7.85 Å². The van der Waals surface area contributed by atoms with Gasteiger partial charge in [0, 0.05) is 0 Å². The minimum Gasteiger partial charge on any atom is -0.134 e. The Bertz CT molecular complexity index is 175. The summed E-state index contributed by atoms with van der Waals surface area (Å²) in [5, 5.41) is 0. The van der Waals surface area contributed by atoms with Gasteiger partial charge in [-0.2, -0.15) is 0 Å². The van der Waals surface area contributed by atoms with E-state index in [2.05, 4.69) is 36.8 Å². The maximum Gasteiger partial charge on any atom is 0.140 e. The van der Waals surface area contributed by atoms with Crippen LogP contribution in [0.1, 0.15) is 4.88 Å². The first-order valence-electron chi connectivity index (χ1n) is 2.42. The second-order valence-corrected chi connectivity index (χ2v) is 4.43. The van der Waals surface area contributed by atoms with E-state index in [1.165, 1.54) is 14.1 Å². The fourth-order valence-corrected chi connectivity index (χ4v) is 2.35. The summed E-state index contributed by atoms with van der Waals surface area (Å²) in [5.74, 6) is 0. The van der Waals surface area contributed by atoms with Crippen LogP contribution in [0.5, 0.6) is 0 Å². The molecule has 0 amide bonds. The molecule has 0 fully saturated rings. The van der Waals surface area contributed by atoms with Gasteiger partial charge >= 0.3 is 0 Å². The molecule has 1 rings (SSSR count). The highest BCUT2D eigenvalue weighted by Crippen LogP contribution is 2.18. The summed E-state index contributed by atoms with van der Waals surface area (Å²) >= 11 is 5.19. The Morgan fingerprint density at radius 2 is 2.38 bits per heavy atom. The van der Waals surface area contributed by atoms with E-state index in [4.69, 9.17) is 0 Å². The summed E-state index contributed by atoms with van der Waals surface area (Å²) < 4.78 is 1.23. The number of aryl methyl sites for hydroxylation is 1. The van der Waals surface area contributed by atoms with Crippen molar-refractivity contribution < 1.29 is 0 Å². The summed E-state index contributed by atoms with van der Waals surface area (Å²) in [4.78, 5) is 1.40. The van der Waals surface area contributed by atoms with Gasteiger partial charge in [0.25, 0.3) is 0 Å². The van der Waals surface area contributed by atoms with Crippen molar-refractivity contribution in [1.29, 1.82) is 0 Å². The summed E-state index contributed by atoms with van der Waals surface area (Å²) in [5.41, 5.74) is 1.38. The normalized spacial score (nSPS) is 9.75. The molecule has 0 bridgehead atoms. The van der Waals surface area contributed by atoms with Crippen LogP contribution in [-0.2, 0) is 0 Å². The smallest absolute Gasteiger partial charge is 0.134 e. The van der Waals surface area contributed by atoms with E-state index in [0.29, 0.717) is 0 Å². The van der Waals surface area contributed by atoms with Crippen LogP contribution in [0.15, 0.2) is 9.85 Å². The molecule has 0 aliphatic carbocycles. The highest BCUT2D eigenvalue weighted by atomic mass is 79.9. The van der Waals surface area contributed by atoms with Gasteiger partial charge < -0.3 is 0 Å². The van der Waals surface area contributed by atoms with Crippen LogP contribution in [0.3, 0.4) is 0 Å². The molecule has 1 heterocycles. The van der Waals surface area contributed by atoms with Gasteiger partial charge in [0.15, 0.2) is 0 Å². The molecular weight excluding hydrogens is 183 g/mol. The molecule has 0 unspecified atom stereocenters. The van der Waals surface area contributed by atoms with Crippen LogP contribution < -0.4 is 5.46 Å². The van der Waals surface area contributed by atoms with E-state index < -0.39 is 0 Å². The van der Waals surface area contributed by atoms with Crippen molar-refractivity contribution in [2.24, 2.45) is 0 Å². The molecule has 0 saturated carbocycles. The Kier molecular flexibility index (Phi) is 1.78. The van der Waals surface area contributed by atoms with Crippen LogP contribution in [0, 0.1) is 6.92 Å². The molecule has 1 aromatic rings. The van der Waals surface area contributed by atoms with Crippen molar-refractivity contribution in [3.63, 3.8) is 0 Å². The lowest BCUT2D eigenvalue weighted by molar-refractivity contribution is 1.69. The minimum atomic E-state index is 1.23. The Hall–Kier alpha value is 0.245. The maximum absolute atomic E-state index is 3.40. The lowest BCUT2D eigenvalue weighted by atomic mass is 9.98. The first-order valence-corrected chi connectivity index (χ1v) is 4.03. The third-order valence-corrected chi connectivity index (χ3v) is 2.79. The Labute approximate surface area is 62.5 Å². The zero-order chi connectivity index (χ0) is 6.15. The van der Waals surface area contributed by atoms with Crippen molar-refractivity contribution in [3.8, 4) is 0 Å². The van der Waals surface area contributed by atoms with Gasteiger partial charge in [-0.15, -0.1) is 11.3 Å². The Morgan fingerprint density at radius 3 is 2.50 bits per heavy atom. The number of thiophene rings is 1. The number of hydrogen-bond donors (Lipinski definition) is 0. The van der Waals surface area contributed by atoms with Gasteiger partial charge in [-0.05, 0) is 33.8 Å². The Balaban J connectivity index is 3.14. The van der Waals surface area contributed by atoms with Crippen LogP contribution in [0.25, 0.3) is 0 Å². The molecule has 42 valence electrons. The second-order valence-electron chi connectivity index (χ2n) is 1.79. The summed E-state index contributed by atoms with van der Waals surface area (Å²) in [6, 6.07) is 2.14. The monoisotopic (exact) mass is 188 g/mol. The number of hydrogen-bond acceptors (Lipinski definition) is 1. The van der Waals surface area contributed by atoms with Crippen molar-refractivity contribution >= 4 is 40.6 Å². The van der Waals surface area contributed by atoms with Crippen LogP contribution in [-0.4, -0.2) is 7.85 Å². The fourth-order valence-electron chi connectivity index (χ4n) is 0.528. The van der Waals surface area contributed by atoms with Gasteiger partial charge in [-0.3, -0.25) is 0 Å². The van der Waals surface area contributed by atoms with Gasteiger partial charge in [0.2, 0.25) is 0 Å². The van der Waals surface area contributed by atoms with Crippen LogP contribution >= 0.6 is 27.3 Å². The minimum absolute atomic E-state index is 1.23. The molecule has 0 aromatic carbocycles. The van der Waals surface area contributed by atoms with Gasteiger partial charge in [-0.25, -0.2) is 0 Å². The van der Waals surface area contributed by atoms with E-state index in [-0.39, 0.29) is 0 Å². The molecule has 0 saturated heterocycles. The van der Waals surface area contributed by atoms with Crippen molar-refractivity contribution in [1.82, 2.24) is 0 Å². The van der Waals surface area contributed by atoms with Crippen LogP contribution in [0.2, 0.25) is 0 Å². The molecule has 0 N–H and O–H groups in total. The molecule has 0 radical (unpaired) electrons. The molecule has 8 heavy (non-hydrogen) atoms. The Morgan fingerprint density at radius 1 is 1.75 bits per heavy atom. The van der Waals surface area contributed by atoms with E-state index in [1.807, 2.05) is 0 Å². The average molecular weight is 189 g/mol. The van der Waals surface area contributed by atoms with Crippen molar-refractivity contribution in [3.05, 3.63) is 14.7 Å². The quantitative estimate of drug-likeness (QED) is 0.535. The topological polar surface area (TPSA) is 0 Å². The number of halogens is 1. The number of rotatable bonds is 0. The third-order valence-electron chi connectivity index (χ3n) is 1.14.